The van der Waals surface area contributed by atoms with E-state index in [1.807, 2.05) is 0 Å². The lowest BCUT2D eigenvalue weighted by Crippen LogP contribution is -2.41. The van der Waals surface area contributed by atoms with Crippen LogP contribution in [0.5, 0.6) is 0 Å². The molecule has 2 rings (SSSR count). The molecular formula is C17H33NO2S. The van der Waals surface area contributed by atoms with E-state index >= 15 is 0 Å². The van der Waals surface area contributed by atoms with Crippen molar-refractivity contribution >= 4 is 9.84 Å². The van der Waals surface area contributed by atoms with Crippen LogP contribution in [-0.2, 0) is 9.84 Å². The third-order valence-electron chi connectivity index (χ3n) is 5.67. The molecule has 0 aliphatic heterocycles. The maximum Gasteiger partial charge on any atom is 0.150 e. The average Bonchev–Trinajstić information content (AvgIpc) is 2.96. The number of rotatable bonds is 7. The largest absolute Gasteiger partial charge is 0.314 e. The van der Waals surface area contributed by atoms with E-state index in [1.54, 1.807) is 0 Å². The molecule has 2 aliphatic carbocycles. The van der Waals surface area contributed by atoms with E-state index < -0.39 is 9.84 Å². The Morgan fingerprint density at radius 2 is 1.81 bits per heavy atom. The third-order valence-corrected chi connectivity index (χ3v) is 7.31. The van der Waals surface area contributed by atoms with E-state index in [1.165, 1.54) is 51.2 Å². The molecule has 0 saturated heterocycles. The molecule has 0 amide bonds. The van der Waals surface area contributed by atoms with Crippen molar-refractivity contribution < 1.29 is 8.42 Å². The zero-order chi connectivity index (χ0) is 15.3. The molecule has 2 fully saturated rings. The first-order valence-electron chi connectivity index (χ1n) is 8.93. The van der Waals surface area contributed by atoms with Crippen molar-refractivity contribution in [2.75, 3.05) is 12.8 Å². The molecule has 4 heteroatoms. The third kappa shape index (κ3) is 5.24. The van der Waals surface area contributed by atoms with Crippen LogP contribution in [0.3, 0.4) is 0 Å². The molecule has 21 heavy (non-hydrogen) atoms. The van der Waals surface area contributed by atoms with Crippen LogP contribution >= 0.6 is 0 Å². The van der Waals surface area contributed by atoms with Crippen LogP contribution in [0.2, 0.25) is 0 Å². The monoisotopic (exact) mass is 315 g/mol. The van der Waals surface area contributed by atoms with Crippen LogP contribution in [0.4, 0.5) is 0 Å². The Kier molecular flexibility index (Phi) is 6.54. The zero-order valence-electron chi connectivity index (χ0n) is 13.8. The Bertz CT molecular complexity index is 401. The first kappa shape index (κ1) is 17.3. The molecule has 0 radical (unpaired) electrons. The topological polar surface area (TPSA) is 46.2 Å². The Hall–Kier alpha value is -0.0900. The molecule has 0 aromatic heterocycles. The summed E-state index contributed by atoms with van der Waals surface area (Å²) in [5.74, 6) is 1.49. The Balaban J connectivity index is 1.89. The summed E-state index contributed by atoms with van der Waals surface area (Å²) in [6, 6.07) is 0.528. The van der Waals surface area contributed by atoms with Crippen molar-refractivity contribution in [1.82, 2.24) is 5.32 Å². The molecule has 0 spiro atoms. The Morgan fingerprint density at radius 1 is 1.10 bits per heavy atom. The summed E-state index contributed by atoms with van der Waals surface area (Å²) in [5.41, 5.74) is 0. The maximum absolute atomic E-state index is 11.9. The van der Waals surface area contributed by atoms with E-state index in [4.69, 9.17) is 0 Å². The lowest BCUT2D eigenvalue weighted by molar-refractivity contribution is 0.249. The normalized spacial score (nSPS) is 29.6. The second kappa shape index (κ2) is 7.96. The first-order valence-corrected chi connectivity index (χ1v) is 10.9. The van der Waals surface area contributed by atoms with E-state index in [0.717, 1.165) is 31.7 Å². The quantitative estimate of drug-likeness (QED) is 0.781. The standard InChI is InChI=1S/C17H33NO2S/c1-3-18-17(12-11-14-7-4-5-8-14)15-9-6-10-16(13-15)21(2,19)20/h14-18H,3-13H2,1-2H3. The average molecular weight is 316 g/mol. The molecular weight excluding hydrogens is 282 g/mol. The zero-order valence-corrected chi connectivity index (χ0v) is 14.6. The van der Waals surface area contributed by atoms with Crippen LogP contribution in [0.15, 0.2) is 0 Å². The van der Waals surface area contributed by atoms with Gasteiger partial charge in [0.1, 0.15) is 9.84 Å². The molecule has 124 valence electrons. The molecule has 3 unspecified atom stereocenters. The predicted octanol–water partition coefficient (Wildman–Crippen LogP) is 3.54. The Morgan fingerprint density at radius 3 is 2.43 bits per heavy atom. The first-order chi connectivity index (χ1) is 10.0. The number of sulfone groups is 1. The van der Waals surface area contributed by atoms with Crippen LogP contribution in [0.1, 0.15) is 71.1 Å². The molecule has 1 N–H and O–H groups in total. The molecule has 2 aliphatic rings. The number of nitrogens with one attached hydrogen (secondary N) is 1. The second-order valence-electron chi connectivity index (χ2n) is 7.27. The molecule has 0 bridgehead atoms. The fourth-order valence-corrected chi connectivity index (χ4v) is 5.61. The van der Waals surface area contributed by atoms with E-state index in [2.05, 4.69) is 12.2 Å². The van der Waals surface area contributed by atoms with E-state index in [-0.39, 0.29) is 5.25 Å². The van der Waals surface area contributed by atoms with Crippen molar-refractivity contribution in [2.45, 2.75) is 82.4 Å². The molecule has 0 aromatic carbocycles. The minimum absolute atomic E-state index is 0.0936. The lowest BCUT2D eigenvalue weighted by atomic mass is 9.81. The van der Waals surface area contributed by atoms with Gasteiger partial charge in [-0.25, -0.2) is 8.42 Å². The number of hydrogen-bond acceptors (Lipinski definition) is 3. The van der Waals surface area contributed by atoms with Crippen molar-refractivity contribution in [1.29, 1.82) is 0 Å². The van der Waals surface area contributed by atoms with Gasteiger partial charge in [0.15, 0.2) is 0 Å². The van der Waals surface area contributed by atoms with Crippen LogP contribution in [0, 0.1) is 11.8 Å². The summed E-state index contributed by atoms with van der Waals surface area (Å²) >= 11 is 0. The SMILES string of the molecule is CCNC(CCC1CCCC1)C1CCCC(S(C)(=O)=O)C1. The highest BCUT2D eigenvalue weighted by Gasteiger charge is 2.33. The van der Waals surface area contributed by atoms with Gasteiger partial charge in [0.25, 0.3) is 0 Å². The van der Waals surface area contributed by atoms with Crippen molar-refractivity contribution in [3.63, 3.8) is 0 Å². The summed E-state index contributed by atoms with van der Waals surface area (Å²) in [4.78, 5) is 0. The summed E-state index contributed by atoms with van der Waals surface area (Å²) in [6.07, 6.45) is 13.7. The van der Waals surface area contributed by atoms with E-state index in [0.29, 0.717) is 12.0 Å². The summed E-state index contributed by atoms with van der Waals surface area (Å²) < 4.78 is 23.7. The second-order valence-corrected chi connectivity index (χ2v) is 9.60. The predicted molar refractivity (Wildman–Crippen MR) is 89.2 cm³/mol. The van der Waals surface area contributed by atoms with E-state index in [9.17, 15) is 8.42 Å². The van der Waals surface area contributed by atoms with Gasteiger partial charge in [0.2, 0.25) is 0 Å². The Labute approximate surface area is 131 Å². The number of hydrogen-bond donors (Lipinski definition) is 1. The molecule has 3 nitrogen and oxygen atoms in total. The fourth-order valence-electron chi connectivity index (χ4n) is 4.42. The van der Waals surface area contributed by atoms with Crippen molar-refractivity contribution in [3.8, 4) is 0 Å². The van der Waals surface area contributed by atoms with Crippen molar-refractivity contribution in [3.05, 3.63) is 0 Å². The van der Waals surface area contributed by atoms with Gasteiger partial charge in [-0.1, -0.05) is 39.0 Å². The smallest absolute Gasteiger partial charge is 0.150 e. The van der Waals surface area contributed by atoms with Crippen LogP contribution in [0.25, 0.3) is 0 Å². The minimum Gasteiger partial charge on any atom is -0.314 e. The van der Waals surface area contributed by atoms with Crippen LogP contribution < -0.4 is 5.32 Å². The highest BCUT2D eigenvalue weighted by atomic mass is 32.2. The van der Waals surface area contributed by atoms with Gasteiger partial charge in [-0.15, -0.1) is 0 Å². The van der Waals surface area contributed by atoms with Gasteiger partial charge in [-0.2, -0.15) is 0 Å². The summed E-state index contributed by atoms with van der Waals surface area (Å²) in [7, 11) is -2.87. The molecule has 2 saturated carbocycles. The minimum atomic E-state index is -2.87. The van der Waals surface area contributed by atoms with Gasteiger partial charge in [-0.3, -0.25) is 0 Å². The molecule has 0 heterocycles. The highest BCUT2D eigenvalue weighted by molar-refractivity contribution is 7.91. The summed E-state index contributed by atoms with van der Waals surface area (Å²) in [5, 5.41) is 3.56. The van der Waals surface area contributed by atoms with Crippen LogP contribution in [-0.4, -0.2) is 32.5 Å². The highest BCUT2D eigenvalue weighted by Crippen LogP contribution is 2.34. The maximum atomic E-state index is 11.9. The molecule has 3 atom stereocenters. The van der Waals surface area contributed by atoms with Crippen molar-refractivity contribution in [2.24, 2.45) is 11.8 Å². The van der Waals surface area contributed by atoms with Gasteiger partial charge in [0.05, 0.1) is 5.25 Å². The lowest BCUT2D eigenvalue weighted by Gasteiger charge is -2.35. The summed E-state index contributed by atoms with van der Waals surface area (Å²) in [6.45, 7) is 3.16. The fraction of sp³-hybridized carbons (Fsp3) is 1.00. The van der Waals surface area contributed by atoms with Gasteiger partial charge in [0, 0.05) is 12.3 Å². The van der Waals surface area contributed by atoms with Gasteiger partial charge in [-0.05, 0) is 50.5 Å². The van der Waals surface area contributed by atoms with Gasteiger partial charge >= 0.3 is 0 Å². The van der Waals surface area contributed by atoms with Gasteiger partial charge < -0.3 is 5.32 Å². The molecule has 0 aromatic rings.